The second-order valence-electron chi connectivity index (χ2n) is 4.60. The van der Waals surface area contributed by atoms with Gasteiger partial charge in [-0.15, -0.1) is 11.8 Å². The molecule has 2 aliphatic heterocycles. The molecule has 0 aromatic carbocycles. The van der Waals surface area contributed by atoms with Gasteiger partial charge >= 0.3 is 0 Å². The monoisotopic (exact) mass is 236 g/mol. The maximum absolute atomic E-state index is 5.38. The highest BCUT2D eigenvalue weighted by molar-refractivity contribution is 8.13. The molecular formula is C12H16N2OS. The summed E-state index contributed by atoms with van der Waals surface area (Å²) >= 11 is 1.93. The highest BCUT2D eigenvalue weighted by atomic mass is 32.2. The molecule has 3 heterocycles. The van der Waals surface area contributed by atoms with E-state index in [2.05, 4.69) is 16.0 Å². The third-order valence-corrected chi connectivity index (χ3v) is 4.78. The predicted octanol–water partition coefficient (Wildman–Crippen LogP) is 2.39. The van der Waals surface area contributed by atoms with E-state index in [1.54, 1.807) is 6.26 Å². The van der Waals surface area contributed by atoms with Crippen LogP contribution in [-0.4, -0.2) is 34.8 Å². The lowest BCUT2D eigenvalue weighted by Gasteiger charge is -2.37. The Morgan fingerprint density at radius 3 is 2.94 bits per heavy atom. The molecule has 4 heteroatoms. The Bertz CT molecular complexity index is 356. The Labute approximate surface area is 99.9 Å². The Kier molecular flexibility index (Phi) is 2.77. The topological polar surface area (TPSA) is 28.7 Å². The molecule has 0 aliphatic carbocycles. The van der Waals surface area contributed by atoms with Crippen LogP contribution in [0.1, 0.15) is 18.6 Å². The zero-order valence-corrected chi connectivity index (χ0v) is 10.1. The van der Waals surface area contributed by atoms with Crippen molar-refractivity contribution in [2.24, 2.45) is 4.99 Å². The zero-order chi connectivity index (χ0) is 10.8. The van der Waals surface area contributed by atoms with Crippen molar-refractivity contribution >= 4 is 17.3 Å². The maximum atomic E-state index is 5.38. The van der Waals surface area contributed by atoms with Gasteiger partial charge in [-0.2, -0.15) is 0 Å². The molecular weight excluding hydrogens is 220 g/mol. The molecule has 0 atom stereocenters. The van der Waals surface area contributed by atoms with Gasteiger partial charge in [0.1, 0.15) is 5.76 Å². The molecule has 16 heavy (non-hydrogen) atoms. The van der Waals surface area contributed by atoms with E-state index in [0.717, 1.165) is 31.9 Å². The van der Waals surface area contributed by atoms with Crippen LogP contribution >= 0.6 is 11.8 Å². The Hall–Kier alpha value is -0.740. The molecule has 0 saturated carbocycles. The van der Waals surface area contributed by atoms with E-state index in [0.29, 0.717) is 4.75 Å². The quantitative estimate of drug-likeness (QED) is 0.789. The van der Waals surface area contributed by atoms with Crippen LogP contribution in [0.3, 0.4) is 0 Å². The molecule has 1 spiro atoms. The molecule has 0 amide bonds. The summed E-state index contributed by atoms with van der Waals surface area (Å²) in [6.07, 6.45) is 4.25. The number of nitrogens with zero attached hydrogens (tertiary/aromatic N) is 2. The SMILES string of the molecule is C1=NCC2(CCN(Cc3ccco3)CC2)S1. The van der Waals surface area contributed by atoms with Crippen molar-refractivity contribution in [2.45, 2.75) is 24.1 Å². The van der Waals surface area contributed by atoms with Gasteiger partial charge in [0.05, 0.1) is 24.9 Å². The molecule has 2 aliphatic rings. The summed E-state index contributed by atoms with van der Waals surface area (Å²) < 4.78 is 5.81. The molecule has 3 nitrogen and oxygen atoms in total. The fourth-order valence-corrected chi connectivity index (χ4v) is 3.35. The van der Waals surface area contributed by atoms with Gasteiger partial charge in [-0.25, -0.2) is 0 Å². The van der Waals surface area contributed by atoms with Crippen molar-refractivity contribution in [1.29, 1.82) is 0 Å². The highest BCUT2D eigenvalue weighted by Gasteiger charge is 2.36. The van der Waals surface area contributed by atoms with E-state index in [9.17, 15) is 0 Å². The average Bonchev–Trinajstić information content (AvgIpc) is 2.94. The van der Waals surface area contributed by atoms with Crippen LogP contribution in [0.4, 0.5) is 0 Å². The van der Waals surface area contributed by atoms with Crippen molar-refractivity contribution in [3.63, 3.8) is 0 Å². The number of thioether (sulfide) groups is 1. The van der Waals surface area contributed by atoms with Crippen molar-refractivity contribution < 1.29 is 4.42 Å². The average molecular weight is 236 g/mol. The number of aliphatic imine (C=N–C) groups is 1. The summed E-state index contributed by atoms with van der Waals surface area (Å²) in [5.41, 5.74) is 2.03. The first-order valence-electron chi connectivity index (χ1n) is 5.77. The Morgan fingerprint density at radius 1 is 1.44 bits per heavy atom. The number of furan rings is 1. The summed E-state index contributed by atoms with van der Waals surface area (Å²) in [7, 11) is 0. The van der Waals surface area contributed by atoms with Gasteiger partial charge in [-0.05, 0) is 25.0 Å². The normalized spacial score (nSPS) is 24.2. The van der Waals surface area contributed by atoms with E-state index in [4.69, 9.17) is 4.42 Å². The minimum Gasteiger partial charge on any atom is -0.468 e. The third kappa shape index (κ3) is 2.04. The van der Waals surface area contributed by atoms with Gasteiger partial charge in [0, 0.05) is 17.8 Å². The summed E-state index contributed by atoms with van der Waals surface area (Å²) in [5, 5.41) is 0. The number of rotatable bonds is 2. The van der Waals surface area contributed by atoms with Crippen molar-refractivity contribution in [1.82, 2.24) is 4.90 Å². The molecule has 3 rings (SSSR count). The summed E-state index contributed by atoms with van der Waals surface area (Å²) in [6, 6.07) is 4.01. The number of piperidine rings is 1. The lowest BCUT2D eigenvalue weighted by atomic mass is 9.96. The molecule has 0 radical (unpaired) electrons. The largest absolute Gasteiger partial charge is 0.468 e. The lowest BCUT2D eigenvalue weighted by Crippen LogP contribution is -2.42. The smallest absolute Gasteiger partial charge is 0.117 e. The van der Waals surface area contributed by atoms with Crippen LogP contribution in [0.15, 0.2) is 27.8 Å². The van der Waals surface area contributed by atoms with Gasteiger partial charge in [0.25, 0.3) is 0 Å². The molecule has 0 N–H and O–H groups in total. The fourth-order valence-electron chi connectivity index (χ4n) is 2.41. The van der Waals surface area contributed by atoms with Crippen molar-refractivity contribution in [3.8, 4) is 0 Å². The molecule has 0 bridgehead atoms. The van der Waals surface area contributed by atoms with Gasteiger partial charge < -0.3 is 4.42 Å². The zero-order valence-electron chi connectivity index (χ0n) is 9.26. The van der Waals surface area contributed by atoms with E-state index in [1.165, 1.54) is 12.8 Å². The van der Waals surface area contributed by atoms with Crippen LogP contribution in [0, 0.1) is 0 Å². The van der Waals surface area contributed by atoms with Gasteiger partial charge in [-0.1, -0.05) is 0 Å². The first-order valence-corrected chi connectivity index (χ1v) is 6.65. The van der Waals surface area contributed by atoms with Gasteiger partial charge in [0.2, 0.25) is 0 Å². The van der Waals surface area contributed by atoms with Crippen LogP contribution in [-0.2, 0) is 6.54 Å². The molecule has 86 valence electrons. The third-order valence-electron chi connectivity index (χ3n) is 3.48. The number of hydrogen-bond acceptors (Lipinski definition) is 4. The lowest BCUT2D eigenvalue weighted by molar-refractivity contribution is 0.183. The molecule has 0 unspecified atom stereocenters. The van der Waals surface area contributed by atoms with Crippen molar-refractivity contribution in [3.05, 3.63) is 24.2 Å². The van der Waals surface area contributed by atoms with E-state index < -0.39 is 0 Å². The second kappa shape index (κ2) is 4.26. The summed E-state index contributed by atoms with van der Waals surface area (Å²) in [5.74, 6) is 1.08. The predicted molar refractivity (Wildman–Crippen MR) is 66.9 cm³/mol. The molecule has 1 fully saturated rings. The number of hydrogen-bond donors (Lipinski definition) is 0. The van der Waals surface area contributed by atoms with E-state index in [-0.39, 0.29) is 0 Å². The second-order valence-corrected chi connectivity index (χ2v) is 5.92. The number of likely N-dealkylation sites (tertiary alicyclic amines) is 1. The summed E-state index contributed by atoms with van der Waals surface area (Å²) in [6.45, 7) is 4.30. The van der Waals surface area contributed by atoms with E-state index in [1.807, 2.05) is 23.4 Å². The first kappa shape index (κ1) is 10.4. The van der Waals surface area contributed by atoms with E-state index >= 15 is 0 Å². The minimum absolute atomic E-state index is 0.430. The van der Waals surface area contributed by atoms with Gasteiger partial charge in [-0.3, -0.25) is 9.89 Å². The van der Waals surface area contributed by atoms with Crippen LogP contribution in [0.2, 0.25) is 0 Å². The standard InChI is InChI=1S/C12H16N2OS/c1-2-11(15-7-1)8-14-5-3-12(4-6-14)9-13-10-16-12/h1-2,7,10H,3-6,8-9H2. The van der Waals surface area contributed by atoms with Crippen LogP contribution in [0.5, 0.6) is 0 Å². The molecule has 1 aromatic heterocycles. The maximum Gasteiger partial charge on any atom is 0.117 e. The van der Waals surface area contributed by atoms with Gasteiger partial charge in [0.15, 0.2) is 0 Å². The van der Waals surface area contributed by atoms with Crippen LogP contribution in [0.25, 0.3) is 0 Å². The minimum atomic E-state index is 0.430. The fraction of sp³-hybridized carbons (Fsp3) is 0.583. The highest BCUT2D eigenvalue weighted by Crippen LogP contribution is 2.38. The van der Waals surface area contributed by atoms with Crippen LogP contribution < -0.4 is 0 Å². The molecule has 1 aromatic rings. The Balaban J connectivity index is 1.54. The summed E-state index contributed by atoms with van der Waals surface area (Å²) in [4.78, 5) is 6.84. The molecule has 1 saturated heterocycles. The van der Waals surface area contributed by atoms with Crippen molar-refractivity contribution in [2.75, 3.05) is 19.6 Å². The first-order chi connectivity index (χ1) is 7.86. The Morgan fingerprint density at radius 2 is 2.31 bits per heavy atom.